The van der Waals surface area contributed by atoms with Gasteiger partial charge in [0, 0.05) is 42.5 Å². The Morgan fingerprint density at radius 2 is 1.78 bits per heavy atom. The molecule has 1 saturated heterocycles. The summed E-state index contributed by atoms with van der Waals surface area (Å²) in [4.78, 5) is 56.1. The number of carbonyl (C=O) groups is 2. The van der Waals surface area contributed by atoms with Gasteiger partial charge in [-0.1, -0.05) is 55.5 Å². The number of rotatable bonds is 8. The molecule has 1 fully saturated rings. The van der Waals surface area contributed by atoms with Crippen LogP contribution in [0.4, 0.5) is 5.69 Å². The van der Waals surface area contributed by atoms with Gasteiger partial charge in [0.2, 0.25) is 5.91 Å². The minimum absolute atomic E-state index is 0.0573. The molecule has 2 amide bonds. The van der Waals surface area contributed by atoms with E-state index in [1.165, 1.54) is 4.68 Å². The molecule has 6 rings (SSSR count). The van der Waals surface area contributed by atoms with Crippen molar-refractivity contribution in [3.8, 4) is 5.69 Å². The molecule has 2 aliphatic rings. The highest BCUT2D eigenvalue weighted by atomic mass is 28.4. The second kappa shape index (κ2) is 11.6. The van der Waals surface area contributed by atoms with Crippen LogP contribution in [0.25, 0.3) is 16.5 Å². The minimum atomic E-state index is -3.01. The van der Waals surface area contributed by atoms with E-state index < -0.39 is 31.5 Å². The van der Waals surface area contributed by atoms with Crippen molar-refractivity contribution in [1.29, 1.82) is 0 Å². The van der Waals surface area contributed by atoms with Crippen LogP contribution in [-0.2, 0) is 26.5 Å². The molecule has 4 atom stereocenters. The predicted octanol–water partition coefficient (Wildman–Crippen LogP) is 3.57. The highest BCUT2D eigenvalue weighted by Gasteiger charge is 2.66. The number of carbonyl (C=O) groups excluding carboxylic acids is 2. The van der Waals surface area contributed by atoms with E-state index in [2.05, 4.69) is 5.10 Å². The molecule has 2 aliphatic heterocycles. The molecule has 234 valence electrons. The van der Waals surface area contributed by atoms with Crippen molar-refractivity contribution in [3.05, 3.63) is 100 Å². The van der Waals surface area contributed by atoms with E-state index in [1.54, 1.807) is 53.4 Å². The lowest BCUT2D eigenvalue weighted by atomic mass is 9.82. The number of likely N-dealkylation sites (N-methyl/N-ethyl adjacent to an activating group) is 1. The molecule has 0 radical (unpaired) electrons. The standard InChI is InChI=1S/C34H38N4O6Si/c1-22-31(45(3,4)43)29(19-30(40)37(16-17-39)21-23-10-6-5-7-11-23)44-34(22)27-18-25(14-15-28(27)36(2)33(34)42)38-32(41)26-13-9-8-12-24(26)20-35-38/h5-15,18,20,22,29,31,39,43H,16-17,19,21H2,1-4H3/t22-,29+,31-,34+/m0/s1. The first-order chi connectivity index (χ1) is 21.5. The van der Waals surface area contributed by atoms with E-state index >= 15 is 0 Å². The largest absolute Gasteiger partial charge is 0.432 e. The van der Waals surface area contributed by atoms with E-state index in [4.69, 9.17) is 4.74 Å². The first-order valence-corrected chi connectivity index (χ1v) is 18.2. The summed E-state index contributed by atoms with van der Waals surface area (Å²) < 4.78 is 8.09. The molecule has 1 spiro atoms. The van der Waals surface area contributed by atoms with E-state index in [-0.39, 0.29) is 36.9 Å². The van der Waals surface area contributed by atoms with Crippen LogP contribution < -0.4 is 10.5 Å². The summed E-state index contributed by atoms with van der Waals surface area (Å²) in [5, 5.41) is 15.4. The lowest BCUT2D eigenvalue weighted by molar-refractivity contribution is -0.149. The fraction of sp³-hybridized carbons (Fsp3) is 0.353. The van der Waals surface area contributed by atoms with E-state index in [1.807, 2.05) is 62.5 Å². The van der Waals surface area contributed by atoms with Gasteiger partial charge in [0.25, 0.3) is 11.5 Å². The summed E-state index contributed by atoms with van der Waals surface area (Å²) in [6.07, 6.45) is 0.833. The number of ether oxygens (including phenoxy) is 1. The molecule has 11 heteroatoms. The number of aliphatic hydroxyl groups is 1. The zero-order valence-corrected chi connectivity index (χ0v) is 26.9. The van der Waals surface area contributed by atoms with Crippen molar-refractivity contribution in [1.82, 2.24) is 14.7 Å². The number of amides is 2. The average Bonchev–Trinajstić information content (AvgIpc) is 3.43. The van der Waals surface area contributed by atoms with Gasteiger partial charge in [0.15, 0.2) is 13.9 Å². The third-order valence-electron chi connectivity index (χ3n) is 9.35. The van der Waals surface area contributed by atoms with Crippen LogP contribution in [-0.4, -0.2) is 71.0 Å². The van der Waals surface area contributed by atoms with Crippen LogP contribution in [0.2, 0.25) is 18.6 Å². The van der Waals surface area contributed by atoms with Crippen LogP contribution in [0.3, 0.4) is 0 Å². The van der Waals surface area contributed by atoms with Gasteiger partial charge < -0.3 is 24.4 Å². The second-order valence-corrected chi connectivity index (χ2v) is 16.6. The van der Waals surface area contributed by atoms with Gasteiger partial charge >= 0.3 is 0 Å². The van der Waals surface area contributed by atoms with Crippen molar-refractivity contribution in [2.45, 2.75) is 50.2 Å². The van der Waals surface area contributed by atoms with Gasteiger partial charge in [0.1, 0.15) is 0 Å². The Kier molecular flexibility index (Phi) is 7.98. The van der Waals surface area contributed by atoms with Crippen LogP contribution >= 0.6 is 0 Å². The number of hydrogen-bond donors (Lipinski definition) is 2. The van der Waals surface area contributed by atoms with E-state index in [0.29, 0.717) is 28.9 Å². The fourth-order valence-electron chi connectivity index (χ4n) is 7.30. The van der Waals surface area contributed by atoms with Gasteiger partial charge in [-0.05, 0) is 42.9 Å². The molecule has 3 aromatic carbocycles. The van der Waals surface area contributed by atoms with Crippen LogP contribution in [0.1, 0.15) is 24.5 Å². The summed E-state index contributed by atoms with van der Waals surface area (Å²) in [6.45, 7) is 5.79. The molecule has 0 unspecified atom stereocenters. The van der Waals surface area contributed by atoms with Crippen molar-refractivity contribution in [3.63, 3.8) is 0 Å². The van der Waals surface area contributed by atoms with Gasteiger partial charge in [-0.3, -0.25) is 14.4 Å². The quantitative estimate of drug-likeness (QED) is 0.287. The summed E-state index contributed by atoms with van der Waals surface area (Å²) in [6, 6.07) is 22.1. The Morgan fingerprint density at radius 3 is 2.49 bits per heavy atom. The van der Waals surface area contributed by atoms with Gasteiger partial charge in [-0.2, -0.15) is 9.78 Å². The summed E-state index contributed by atoms with van der Waals surface area (Å²) in [7, 11) is -1.33. The second-order valence-electron chi connectivity index (χ2n) is 12.6. The first-order valence-electron chi connectivity index (χ1n) is 15.2. The number of hydrogen-bond acceptors (Lipinski definition) is 7. The number of fused-ring (bicyclic) bond motifs is 3. The summed E-state index contributed by atoms with van der Waals surface area (Å²) in [5.41, 5.74) is 0.420. The first kappa shape index (κ1) is 30.8. The van der Waals surface area contributed by atoms with Crippen molar-refractivity contribution < 1.29 is 24.2 Å². The molecule has 1 aromatic heterocycles. The number of nitrogens with zero attached hydrogens (tertiary/aromatic N) is 4. The Balaban J connectivity index is 1.40. The van der Waals surface area contributed by atoms with Gasteiger partial charge in [0.05, 0.1) is 42.1 Å². The number of benzene rings is 3. The lowest BCUT2D eigenvalue weighted by Gasteiger charge is -2.32. The van der Waals surface area contributed by atoms with Gasteiger partial charge in [-0.15, -0.1) is 0 Å². The topological polar surface area (TPSA) is 125 Å². The van der Waals surface area contributed by atoms with E-state index in [0.717, 1.165) is 10.9 Å². The molecule has 0 saturated carbocycles. The zero-order chi connectivity index (χ0) is 32.1. The number of aliphatic hydroxyl groups excluding tert-OH is 1. The smallest absolute Gasteiger partial charge is 0.279 e. The maximum Gasteiger partial charge on any atom is 0.279 e. The highest BCUT2D eigenvalue weighted by molar-refractivity contribution is 6.71. The molecular formula is C34H38N4O6Si. The zero-order valence-electron chi connectivity index (χ0n) is 25.9. The van der Waals surface area contributed by atoms with Crippen molar-refractivity contribution in [2.24, 2.45) is 5.92 Å². The predicted molar refractivity (Wildman–Crippen MR) is 173 cm³/mol. The van der Waals surface area contributed by atoms with Crippen LogP contribution in [0.15, 0.2) is 83.8 Å². The molecule has 45 heavy (non-hydrogen) atoms. The minimum Gasteiger partial charge on any atom is -0.432 e. The maximum atomic E-state index is 14.2. The molecule has 3 heterocycles. The number of anilines is 1. The third kappa shape index (κ3) is 5.19. The van der Waals surface area contributed by atoms with Crippen molar-refractivity contribution >= 4 is 36.6 Å². The SMILES string of the molecule is C[C@H]1[C@H]([Si](C)(C)O)[C@@H](CC(=O)N(CCO)Cc2ccccc2)O[C@]12C(=O)N(C)c1ccc(-n3ncc4ccccc4c3=O)cc12. The Morgan fingerprint density at radius 1 is 1.07 bits per heavy atom. The number of aromatic nitrogens is 2. The fourth-order valence-corrected chi connectivity index (χ4v) is 9.85. The average molecular weight is 627 g/mol. The monoisotopic (exact) mass is 626 g/mol. The Bertz CT molecular complexity index is 1820. The van der Waals surface area contributed by atoms with E-state index in [9.17, 15) is 24.3 Å². The highest BCUT2D eigenvalue weighted by Crippen LogP contribution is 2.59. The Hall–Kier alpha value is -4.16. The maximum absolute atomic E-state index is 14.2. The molecule has 0 aliphatic carbocycles. The Labute approximate surface area is 262 Å². The van der Waals surface area contributed by atoms with Crippen LogP contribution in [0.5, 0.6) is 0 Å². The third-order valence-corrected chi connectivity index (χ3v) is 11.9. The van der Waals surface area contributed by atoms with Crippen LogP contribution in [0, 0.1) is 5.92 Å². The summed E-state index contributed by atoms with van der Waals surface area (Å²) >= 11 is 0. The summed E-state index contributed by atoms with van der Waals surface area (Å²) in [5.74, 6) is -0.990. The molecule has 4 aromatic rings. The molecule has 10 nitrogen and oxygen atoms in total. The van der Waals surface area contributed by atoms with Crippen molar-refractivity contribution in [2.75, 3.05) is 25.1 Å². The molecule has 2 N–H and O–H groups in total. The normalized spacial score (nSPS) is 22.8. The molecule has 0 bridgehead atoms. The van der Waals surface area contributed by atoms with Gasteiger partial charge in [-0.25, -0.2) is 0 Å². The molecular weight excluding hydrogens is 588 g/mol. The lowest BCUT2D eigenvalue weighted by Crippen LogP contribution is -2.45.